The molecule has 3 aromatic carbocycles. The molecule has 0 saturated heterocycles. The van der Waals surface area contributed by atoms with Gasteiger partial charge in [-0.3, -0.25) is 9.59 Å². The summed E-state index contributed by atoms with van der Waals surface area (Å²) in [4.78, 5) is 27.6. The SMILES string of the molecule is CC(C(=O)NCc1ccc(Cl)cc1Cl)N(Cc1ccc(F)cc1)C(=O)Cc1ccc(Cl)cc1. The average molecular weight is 508 g/mol. The number of halogens is 4. The van der Waals surface area contributed by atoms with E-state index in [0.29, 0.717) is 26.2 Å². The Hall–Kier alpha value is -2.60. The Morgan fingerprint density at radius 1 is 0.909 bits per heavy atom. The molecule has 0 aromatic heterocycles. The minimum atomic E-state index is -0.777. The van der Waals surface area contributed by atoms with Gasteiger partial charge in [0.25, 0.3) is 0 Å². The van der Waals surface area contributed by atoms with Gasteiger partial charge in [-0.2, -0.15) is 0 Å². The second-order valence-electron chi connectivity index (χ2n) is 7.58. The average Bonchev–Trinajstić information content (AvgIpc) is 2.79. The smallest absolute Gasteiger partial charge is 0.242 e. The minimum absolute atomic E-state index is 0.0962. The normalized spacial score (nSPS) is 11.7. The standard InChI is InChI=1S/C25H22Cl3FN2O2/c1-16(25(33)30-14-19-6-9-21(27)13-23(19)28)31(15-18-4-10-22(29)11-5-18)24(32)12-17-2-7-20(26)8-3-17/h2-11,13,16H,12,14-15H2,1H3,(H,30,33). The highest BCUT2D eigenvalue weighted by Crippen LogP contribution is 2.21. The third-order valence-corrected chi connectivity index (χ3v) is 6.01. The number of hydrogen-bond acceptors (Lipinski definition) is 2. The lowest BCUT2D eigenvalue weighted by Crippen LogP contribution is -2.48. The van der Waals surface area contributed by atoms with Gasteiger partial charge in [-0.25, -0.2) is 4.39 Å². The summed E-state index contributed by atoms with van der Waals surface area (Å²) < 4.78 is 13.3. The summed E-state index contributed by atoms with van der Waals surface area (Å²) >= 11 is 18.0. The quantitative estimate of drug-likeness (QED) is 0.403. The fourth-order valence-electron chi connectivity index (χ4n) is 3.24. The molecule has 0 heterocycles. The summed E-state index contributed by atoms with van der Waals surface area (Å²) in [5.41, 5.74) is 2.19. The van der Waals surface area contributed by atoms with E-state index in [9.17, 15) is 14.0 Å². The molecule has 0 spiro atoms. The second kappa shape index (κ2) is 11.5. The number of amides is 2. The van der Waals surface area contributed by atoms with Crippen LogP contribution in [0.5, 0.6) is 0 Å². The van der Waals surface area contributed by atoms with Crippen molar-refractivity contribution in [2.75, 3.05) is 0 Å². The van der Waals surface area contributed by atoms with Crippen LogP contribution >= 0.6 is 34.8 Å². The molecule has 2 amide bonds. The van der Waals surface area contributed by atoms with Crippen LogP contribution in [0.1, 0.15) is 23.6 Å². The van der Waals surface area contributed by atoms with Crippen molar-refractivity contribution in [1.82, 2.24) is 10.2 Å². The van der Waals surface area contributed by atoms with Gasteiger partial charge in [0.15, 0.2) is 0 Å². The molecule has 3 rings (SSSR count). The lowest BCUT2D eigenvalue weighted by Gasteiger charge is -2.29. The fraction of sp³-hybridized carbons (Fsp3) is 0.200. The van der Waals surface area contributed by atoms with Crippen molar-refractivity contribution in [3.05, 3.63) is 104 Å². The van der Waals surface area contributed by atoms with Crippen LogP contribution in [0.3, 0.4) is 0 Å². The van der Waals surface area contributed by atoms with E-state index >= 15 is 0 Å². The Labute approximate surface area is 207 Å². The Kier molecular flexibility index (Phi) is 8.73. The summed E-state index contributed by atoms with van der Waals surface area (Å²) in [5.74, 6) is -0.954. The highest BCUT2D eigenvalue weighted by atomic mass is 35.5. The summed E-state index contributed by atoms with van der Waals surface area (Å²) in [5, 5.41) is 4.34. The molecule has 0 fully saturated rings. The molecule has 8 heteroatoms. The van der Waals surface area contributed by atoms with E-state index in [4.69, 9.17) is 34.8 Å². The van der Waals surface area contributed by atoms with Crippen LogP contribution in [0, 0.1) is 5.82 Å². The number of rotatable bonds is 8. The fourth-order valence-corrected chi connectivity index (χ4v) is 3.84. The molecule has 0 aliphatic carbocycles. The first-order chi connectivity index (χ1) is 15.7. The Morgan fingerprint density at radius 2 is 1.52 bits per heavy atom. The Bertz CT molecular complexity index is 1120. The van der Waals surface area contributed by atoms with Crippen molar-refractivity contribution in [3.8, 4) is 0 Å². The molecule has 0 aliphatic rings. The molecule has 1 unspecified atom stereocenters. The maximum atomic E-state index is 13.3. The molecule has 0 saturated carbocycles. The summed E-state index contributed by atoms with van der Waals surface area (Å²) in [6.45, 7) is 2.00. The number of hydrogen-bond donors (Lipinski definition) is 1. The zero-order chi connectivity index (χ0) is 24.0. The molecule has 1 atom stereocenters. The number of benzene rings is 3. The van der Waals surface area contributed by atoms with Crippen LogP contribution in [0.15, 0.2) is 66.7 Å². The minimum Gasteiger partial charge on any atom is -0.350 e. The molecular weight excluding hydrogens is 486 g/mol. The molecule has 33 heavy (non-hydrogen) atoms. The van der Waals surface area contributed by atoms with Crippen LogP contribution < -0.4 is 5.32 Å². The Morgan fingerprint density at radius 3 is 2.15 bits per heavy atom. The van der Waals surface area contributed by atoms with E-state index < -0.39 is 6.04 Å². The van der Waals surface area contributed by atoms with E-state index in [2.05, 4.69) is 5.32 Å². The largest absolute Gasteiger partial charge is 0.350 e. The number of nitrogens with one attached hydrogen (secondary N) is 1. The first-order valence-corrected chi connectivity index (χ1v) is 11.4. The zero-order valence-electron chi connectivity index (χ0n) is 17.8. The molecule has 172 valence electrons. The molecule has 0 bridgehead atoms. The van der Waals surface area contributed by atoms with Crippen molar-refractivity contribution in [1.29, 1.82) is 0 Å². The lowest BCUT2D eigenvalue weighted by atomic mass is 10.1. The highest BCUT2D eigenvalue weighted by Gasteiger charge is 2.26. The monoisotopic (exact) mass is 506 g/mol. The van der Waals surface area contributed by atoms with Crippen molar-refractivity contribution < 1.29 is 14.0 Å². The van der Waals surface area contributed by atoms with Gasteiger partial charge < -0.3 is 10.2 Å². The van der Waals surface area contributed by atoms with E-state index in [1.165, 1.54) is 17.0 Å². The Balaban J connectivity index is 1.75. The van der Waals surface area contributed by atoms with Crippen molar-refractivity contribution >= 4 is 46.6 Å². The molecule has 0 radical (unpaired) electrons. The van der Waals surface area contributed by atoms with Gasteiger partial charge in [0.05, 0.1) is 6.42 Å². The van der Waals surface area contributed by atoms with E-state index in [1.54, 1.807) is 61.5 Å². The molecular formula is C25H22Cl3FN2O2. The van der Waals surface area contributed by atoms with Crippen LogP contribution in [0.25, 0.3) is 0 Å². The maximum absolute atomic E-state index is 13.3. The second-order valence-corrected chi connectivity index (χ2v) is 8.86. The van der Waals surface area contributed by atoms with Crippen LogP contribution in [0.2, 0.25) is 15.1 Å². The predicted molar refractivity (Wildman–Crippen MR) is 130 cm³/mol. The molecule has 1 N–H and O–H groups in total. The van der Waals surface area contributed by atoms with E-state index in [0.717, 1.165) is 5.56 Å². The lowest BCUT2D eigenvalue weighted by molar-refractivity contribution is -0.140. The van der Waals surface area contributed by atoms with Gasteiger partial charge in [0.2, 0.25) is 11.8 Å². The molecule has 0 aliphatic heterocycles. The maximum Gasteiger partial charge on any atom is 0.242 e. The van der Waals surface area contributed by atoms with Crippen molar-refractivity contribution in [3.63, 3.8) is 0 Å². The third kappa shape index (κ3) is 7.19. The van der Waals surface area contributed by atoms with Gasteiger partial charge in [-0.1, -0.05) is 65.1 Å². The predicted octanol–water partition coefficient (Wildman–Crippen LogP) is 6.06. The van der Waals surface area contributed by atoms with Crippen LogP contribution in [0.4, 0.5) is 4.39 Å². The van der Waals surface area contributed by atoms with Gasteiger partial charge in [0, 0.05) is 28.2 Å². The van der Waals surface area contributed by atoms with Gasteiger partial charge in [-0.15, -0.1) is 0 Å². The summed E-state index contributed by atoms with van der Waals surface area (Å²) in [7, 11) is 0. The van der Waals surface area contributed by atoms with Gasteiger partial charge in [-0.05, 0) is 60.0 Å². The summed E-state index contributed by atoms with van der Waals surface area (Å²) in [6, 6.07) is 17.0. The van der Waals surface area contributed by atoms with Gasteiger partial charge >= 0.3 is 0 Å². The van der Waals surface area contributed by atoms with Crippen molar-refractivity contribution in [2.45, 2.75) is 32.5 Å². The molecule has 3 aromatic rings. The third-order valence-electron chi connectivity index (χ3n) is 5.17. The number of carbonyl (C=O) groups excluding carboxylic acids is 2. The molecule has 4 nitrogen and oxygen atoms in total. The zero-order valence-corrected chi connectivity index (χ0v) is 20.1. The highest BCUT2D eigenvalue weighted by molar-refractivity contribution is 6.35. The van der Waals surface area contributed by atoms with Crippen LogP contribution in [-0.2, 0) is 29.1 Å². The summed E-state index contributed by atoms with van der Waals surface area (Å²) in [6.07, 6.45) is 0.0962. The van der Waals surface area contributed by atoms with Crippen LogP contribution in [-0.4, -0.2) is 22.8 Å². The number of carbonyl (C=O) groups is 2. The van der Waals surface area contributed by atoms with E-state index in [1.807, 2.05) is 0 Å². The number of nitrogens with zero attached hydrogens (tertiary/aromatic N) is 1. The van der Waals surface area contributed by atoms with E-state index in [-0.39, 0.29) is 37.1 Å². The van der Waals surface area contributed by atoms with Gasteiger partial charge in [0.1, 0.15) is 11.9 Å². The first kappa shape index (κ1) is 25.0. The van der Waals surface area contributed by atoms with Crippen molar-refractivity contribution in [2.24, 2.45) is 0 Å². The first-order valence-electron chi connectivity index (χ1n) is 10.2. The topological polar surface area (TPSA) is 49.4 Å².